The van der Waals surface area contributed by atoms with E-state index in [-0.39, 0.29) is 12.3 Å². The molecule has 0 radical (unpaired) electrons. The molecular formula is C11H17N3O3. The molecule has 0 atom stereocenters. The highest BCUT2D eigenvalue weighted by Crippen LogP contribution is 2.12. The third kappa shape index (κ3) is 4.67. The second-order valence-corrected chi connectivity index (χ2v) is 3.77. The van der Waals surface area contributed by atoms with Crippen LogP contribution in [0.1, 0.15) is 38.2 Å². The summed E-state index contributed by atoms with van der Waals surface area (Å²) in [5.74, 6) is -0.308. The zero-order valence-electron chi connectivity index (χ0n) is 9.82. The highest BCUT2D eigenvalue weighted by Gasteiger charge is 2.07. The number of amides is 1. The molecule has 0 aliphatic carbocycles. The standard InChI is InChI=1S/C11H17N3O3/c1-2-8-7-12-14-11(8)13-9(15)5-3-4-6-10(16)17/h7H,2-6H2,1H3,(H,16,17)(H2,12,13,14,15). The van der Waals surface area contributed by atoms with Gasteiger partial charge in [-0.15, -0.1) is 0 Å². The molecule has 1 aromatic rings. The number of nitrogens with zero attached hydrogens (tertiary/aromatic N) is 1. The zero-order valence-corrected chi connectivity index (χ0v) is 9.82. The number of rotatable bonds is 7. The van der Waals surface area contributed by atoms with E-state index in [1.165, 1.54) is 0 Å². The fourth-order valence-corrected chi connectivity index (χ4v) is 1.45. The van der Waals surface area contributed by atoms with Crippen LogP contribution in [-0.4, -0.2) is 27.2 Å². The van der Waals surface area contributed by atoms with Crippen LogP contribution in [-0.2, 0) is 16.0 Å². The van der Waals surface area contributed by atoms with Crippen molar-refractivity contribution in [1.82, 2.24) is 10.2 Å². The van der Waals surface area contributed by atoms with E-state index >= 15 is 0 Å². The second kappa shape index (κ2) is 6.67. The van der Waals surface area contributed by atoms with Gasteiger partial charge in [0, 0.05) is 18.4 Å². The summed E-state index contributed by atoms with van der Waals surface area (Å²) in [5, 5.41) is 17.7. The van der Waals surface area contributed by atoms with Gasteiger partial charge in [0.15, 0.2) is 0 Å². The summed E-state index contributed by atoms with van der Waals surface area (Å²) in [5.41, 5.74) is 0.962. The maximum Gasteiger partial charge on any atom is 0.303 e. The summed E-state index contributed by atoms with van der Waals surface area (Å²) in [6.45, 7) is 1.98. The van der Waals surface area contributed by atoms with E-state index in [4.69, 9.17) is 5.11 Å². The van der Waals surface area contributed by atoms with E-state index in [0.29, 0.717) is 25.1 Å². The van der Waals surface area contributed by atoms with Gasteiger partial charge in [0.25, 0.3) is 0 Å². The summed E-state index contributed by atoms with van der Waals surface area (Å²) in [7, 11) is 0. The lowest BCUT2D eigenvalue weighted by Crippen LogP contribution is -2.12. The Balaban J connectivity index is 2.27. The van der Waals surface area contributed by atoms with Crippen LogP contribution in [0.5, 0.6) is 0 Å². The molecule has 17 heavy (non-hydrogen) atoms. The van der Waals surface area contributed by atoms with Crippen molar-refractivity contribution in [3.8, 4) is 0 Å². The number of aryl methyl sites for hydroxylation is 1. The van der Waals surface area contributed by atoms with Crippen molar-refractivity contribution in [1.29, 1.82) is 0 Å². The van der Waals surface area contributed by atoms with Crippen molar-refractivity contribution in [2.24, 2.45) is 0 Å². The first-order valence-electron chi connectivity index (χ1n) is 5.67. The van der Waals surface area contributed by atoms with Crippen LogP contribution in [0.15, 0.2) is 6.20 Å². The molecule has 94 valence electrons. The van der Waals surface area contributed by atoms with Crippen LogP contribution >= 0.6 is 0 Å². The molecule has 1 aromatic heterocycles. The number of anilines is 1. The van der Waals surface area contributed by atoms with Crippen molar-refractivity contribution in [2.75, 3.05) is 5.32 Å². The molecule has 0 aromatic carbocycles. The lowest BCUT2D eigenvalue weighted by atomic mass is 10.2. The van der Waals surface area contributed by atoms with Gasteiger partial charge in [-0.1, -0.05) is 6.92 Å². The summed E-state index contributed by atoms with van der Waals surface area (Å²) in [4.78, 5) is 21.8. The van der Waals surface area contributed by atoms with Gasteiger partial charge in [-0.05, 0) is 19.3 Å². The molecule has 6 heteroatoms. The number of hydrogen-bond donors (Lipinski definition) is 3. The Kier molecular flexibility index (Phi) is 5.19. The van der Waals surface area contributed by atoms with Gasteiger partial charge in [-0.2, -0.15) is 5.10 Å². The van der Waals surface area contributed by atoms with Crippen LogP contribution < -0.4 is 5.32 Å². The molecule has 0 saturated heterocycles. The molecule has 1 amide bonds. The molecule has 6 nitrogen and oxygen atoms in total. The molecule has 0 aliphatic heterocycles. The largest absolute Gasteiger partial charge is 0.481 e. The second-order valence-electron chi connectivity index (χ2n) is 3.77. The number of carboxylic acids is 1. The maximum absolute atomic E-state index is 11.5. The molecule has 0 aliphatic rings. The number of nitrogens with one attached hydrogen (secondary N) is 2. The minimum Gasteiger partial charge on any atom is -0.481 e. The van der Waals surface area contributed by atoms with E-state index < -0.39 is 5.97 Å². The summed E-state index contributed by atoms with van der Waals surface area (Å²) >= 11 is 0. The number of aliphatic carboxylic acids is 1. The molecule has 0 spiro atoms. The highest BCUT2D eigenvalue weighted by molar-refractivity contribution is 5.90. The third-order valence-electron chi connectivity index (χ3n) is 2.41. The monoisotopic (exact) mass is 239 g/mol. The first kappa shape index (κ1) is 13.2. The Morgan fingerprint density at radius 1 is 1.41 bits per heavy atom. The van der Waals surface area contributed by atoms with Crippen molar-refractivity contribution in [3.05, 3.63) is 11.8 Å². The molecule has 0 unspecified atom stereocenters. The number of carbonyl (C=O) groups excluding carboxylic acids is 1. The van der Waals surface area contributed by atoms with E-state index in [9.17, 15) is 9.59 Å². The van der Waals surface area contributed by atoms with Gasteiger partial charge in [-0.25, -0.2) is 0 Å². The predicted molar refractivity (Wildman–Crippen MR) is 62.7 cm³/mol. The zero-order chi connectivity index (χ0) is 12.7. The minimum absolute atomic E-state index is 0.109. The third-order valence-corrected chi connectivity index (χ3v) is 2.41. The van der Waals surface area contributed by atoms with Gasteiger partial charge in [0.2, 0.25) is 5.91 Å². The van der Waals surface area contributed by atoms with Crippen molar-refractivity contribution in [2.45, 2.75) is 39.0 Å². The van der Waals surface area contributed by atoms with E-state index in [0.717, 1.165) is 12.0 Å². The first-order valence-corrected chi connectivity index (χ1v) is 5.67. The Morgan fingerprint density at radius 2 is 2.12 bits per heavy atom. The average molecular weight is 239 g/mol. The Bertz CT molecular complexity index is 387. The lowest BCUT2D eigenvalue weighted by molar-refractivity contribution is -0.137. The number of unbranched alkanes of at least 4 members (excludes halogenated alkanes) is 1. The van der Waals surface area contributed by atoms with Crippen molar-refractivity contribution < 1.29 is 14.7 Å². The molecule has 1 heterocycles. The van der Waals surface area contributed by atoms with Gasteiger partial charge >= 0.3 is 5.97 Å². The normalized spacial score (nSPS) is 10.2. The van der Waals surface area contributed by atoms with Gasteiger partial charge < -0.3 is 10.4 Å². The number of aromatic nitrogens is 2. The molecule has 0 bridgehead atoms. The minimum atomic E-state index is -0.827. The van der Waals surface area contributed by atoms with Crippen molar-refractivity contribution >= 4 is 17.7 Å². The molecular weight excluding hydrogens is 222 g/mol. The Labute approximate surface area is 99.4 Å². The number of H-pyrrole nitrogens is 1. The maximum atomic E-state index is 11.5. The van der Waals surface area contributed by atoms with E-state index in [1.807, 2.05) is 6.92 Å². The van der Waals surface area contributed by atoms with E-state index in [2.05, 4.69) is 15.5 Å². The fraction of sp³-hybridized carbons (Fsp3) is 0.545. The predicted octanol–water partition coefficient (Wildman–Crippen LogP) is 1.56. The fourth-order valence-electron chi connectivity index (χ4n) is 1.45. The van der Waals surface area contributed by atoms with Crippen LogP contribution in [0.4, 0.5) is 5.82 Å². The summed E-state index contributed by atoms with van der Waals surface area (Å²) in [6.07, 6.45) is 4.01. The van der Waals surface area contributed by atoms with Crippen LogP contribution in [0.3, 0.4) is 0 Å². The smallest absolute Gasteiger partial charge is 0.303 e. The number of carboxylic acid groups (broad SMARTS) is 1. The average Bonchev–Trinajstić information content (AvgIpc) is 2.71. The summed E-state index contributed by atoms with van der Waals surface area (Å²) in [6, 6.07) is 0. The van der Waals surface area contributed by atoms with Gasteiger partial charge in [-0.3, -0.25) is 14.7 Å². The van der Waals surface area contributed by atoms with Crippen molar-refractivity contribution in [3.63, 3.8) is 0 Å². The molecule has 0 fully saturated rings. The Morgan fingerprint density at radius 3 is 2.76 bits per heavy atom. The van der Waals surface area contributed by atoms with Crippen LogP contribution in [0.25, 0.3) is 0 Å². The first-order chi connectivity index (χ1) is 8.13. The number of hydrogen-bond acceptors (Lipinski definition) is 3. The highest BCUT2D eigenvalue weighted by atomic mass is 16.4. The Hall–Kier alpha value is -1.85. The van der Waals surface area contributed by atoms with Crippen LogP contribution in [0, 0.1) is 0 Å². The topological polar surface area (TPSA) is 95.1 Å². The van der Waals surface area contributed by atoms with Gasteiger partial charge in [0.05, 0.1) is 6.20 Å². The number of aromatic amines is 1. The SMILES string of the molecule is CCc1cn[nH]c1NC(=O)CCCCC(=O)O. The van der Waals surface area contributed by atoms with E-state index in [1.54, 1.807) is 6.20 Å². The molecule has 1 rings (SSSR count). The van der Waals surface area contributed by atoms with Gasteiger partial charge in [0.1, 0.15) is 5.82 Å². The lowest BCUT2D eigenvalue weighted by Gasteiger charge is -2.04. The molecule has 0 saturated carbocycles. The summed E-state index contributed by atoms with van der Waals surface area (Å²) < 4.78 is 0. The molecule has 3 N–H and O–H groups in total. The quantitative estimate of drug-likeness (QED) is 0.629. The van der Waals surface area contributed by atoms with Crippen LogP contribution in [0.2, 0.25) is 0 Å². The number of carbonyl (C=O) groups is 2.